The first-order valence-corrected chi connectivity index (χ1v) is 15.5. The molecule has 0 aromatic heterocycles. The average Bonchev–Trinajstić information content (AvgIpc) is 3.10. The van der Waals surface area contributed by atoms with Crippen molar-refractivity contribution in [2.24, 2.45) is 17.6 Å². The van der Waals surface area contributed by atoms with Gasteiger partial charge < -0.3 is 40.6 Å². The van der Waals surface area contributed by atoms with Crippen LogP contribution < -0.4 is 11.1 Å². The van der Waals surface area contributed by atoms with E-state index in [1.165, 1.54) is 16.7 Å². The van der Waals surface area contributed by atoms with E-state index >= 15 is 0 Å². The van der Waals surface area contributed by atoms with Crippen molar-refractivity contribution in [3.05, 3.63) is 0 Å². The van der Waals surface area contributed by atoms with Crippen molar-refractivity contribution in [3.8, 4) is 0 Å². The lowest BCUT2D eigenvalue weighted by molar-refractivity contribution is -0.205. The van der Waals surface area contributed by atoms with E-state index < -0.39 is 71.0 Å². The van der Waals surface area contributed by atoms with E-state index in [4.69, 9.17) is 31.5 Å². The van der Waals surface area contributed by atoms with Crippen LogP contribution in [0, 0.1) is 11.8 Å². The number of nitrogens with one attached hydrogen (secondary N) is 1. The number of hydrogen-bond donors (Lipinski definition) is 5. The van der Waals surface area contributed by atoms with Crippen LogP contribution in [0.4, 0.5) is 4.79 Å². The van der Waals surface area contributed by atoms with Crippen molar-refractivity contribution in [3.63, 3.8) is 0 Å². The van der Waals surface area contributed by atoms with Crippen molar-refractivity contribution < 1.29 is 39.1 Å². The van der Waals surface area contributed by atoms with Gasteiger partial charge in [0.2, 0.25) is 5.91 Å². The second-order valence-electron chi connectivity index (χ2n) is 11.9. The van der Waals surface area contributed by atoms with Gasteiger partial charge in [0.1, 0.15) is 41.5 Å². The third-order valence-corrected chi connectivity index (χ3v) is 8.85. The lowest BCUT2D eigenvalue weighted by Crippen LogP contribution is -2.65. The SMILES string of the molecule is CSC1O[C@H]([C@H](NC(=O)[C@@H]2[C@@H]3OCC[C@@H](CCCN)C[C@H]3CN2C(=O)OC(C)(C)C)[C@H](C)Cl)C(O)[C@@H](O)[C@H]1O. The number of ether oxygens (including phenoxy) is 3. The van der Waals surface area contributed by atoms with Gasteiger partial charge >= 0.3 is 6.09 Å². The van der Waals surface area contributed by atoms with Gasteiger partial charge in [-0.25, -0.2) is 4.79 Å². The summed E-state index contributed by atoms with van der Waals surface area (Å²) in [6.07, 6.45) is -1.32. The van der Waals surface area contributed by atoms with Crippen molar-refractivity contribution in [1.82, 2.24) is 10.2 Å². The highest BCUT2D eigenvalue weighted by Gasteiger charge is 2.53. The predicted octanol–water partition coefficient (Wildman–Crippen LogP) is 1.04. The van der Waals surface area contributed by atoms with Gasteiger partial charge in [-0.2, -0.15) is 0 Å². The molecule has 2 amide bonds. The number of amides is 2. The minimum atomic E-state index is -1.49. The number of thioether (sulfide) groups is 1. The smallest absolute Gasteiger partial charge is 0.411 e. The van der Waals surface area contributed by atoms with Crippen molar-refractivity contribution in [1.29, 1.82) is 0 Å². The van der Waals surface area contributed by atoms with Gasteiger partial charge in [-0.15, -0.1) is 23.4 Å². The van der Waals surface area contributed by atoms with Gasteiger partial charge in [0.25, 0.3) is 0 Å². The summed E-state index contributed by atoms with van der Waals surface area (Å²) in [7, 11) is 0. The molecule has 3 fully saturated rings. The van der Waals surface area contributed by atoms with Gasteiger partial charge in [0, 0.05) is 19.1 Å². The normalized spacial score (nSPS) is 37.0. The number of halogens is 1. The molecule has 0 aromatic rings. The van der Waals surface area contributed by atoms with Crippen LogP contribution in [0.15, 0.2) is 0 Å². The van der Waals surface area contributed by atoms with Gasteiger partial charge in [0.05, 0.1) is 17.5 Å². The number of hydrogen-bond acceptors (Lipinski definition) is 10. The molecule has 226 valence electrons. The highest BCUT2D eigenvalue weighted by Crippen LogP contribution is 2.38. The van der Waals surface area contributed by atoms with Crippen molar-refractivity contribution >= 4 is 35.4 Å². The second-order valence-corrected chi connectivity index (χ2v) is 13.5. The minimum absolute atomic E-state index is 0.0696. The number of carbonyl (C=O) groups excluding carboxylic acids is 2. The molecular formula is C26H46ClN3O8S. The number of alkyl halides is 1. The fourth-order valence-corrected chi connectivity index (χ4v) is 6.68. The highest BCUT2D eigenvalue weighted by atomic mass is 35.5. The molecule has 13 heteroatoms. The molecule has 0 bridgehead atoms. The molecule has 39 heavy (non-hydrogen) atoms. The number of fused-ring (bicyclic) bond motifs is 1. The number of rotatable bonds is 8. The second kappa shape index (κ2) is 13.9. The van der Waals surface area contributed by atoms with Gasteiger partial charge in [-0.05, 0) is 72.1 Å². The molecule has 3 heterocycles. The fourth-order valence-electron chi connectivity index (χ4n) is 5.80. The molecular weight excluding hydrogens is 550 g/mol. The summed E-state index contributed by atoms with van der Waals surface area (Å²) in [6, 6.07) is -1.92. The molecule has 3 aliphatic heterocycles. The Morgan fingerprint density at radius 2 is 1.92 bits per heavy atom. The number of nitrogens with zero attached hydrogens (tertiary/aromatic N) is 1. The van der Waals surface area contributed by atoms with Crippen LogP contribution in [0.3, 0.4) is 0 Å². The van der Waals surface area contributed by atoms with Crippen LogP contribution in [0.1, 0.15) is 53.4 Å². The largest absolute Gasteiger partial charge is 0.444 e. The highest BCUT2D eigenvalue weighted by molar-refractivity contribution is 7.99. The Balaban J connectivity index is 1.86. The van der Waals surface area contributed by atoms with E-state index in [-0.39, 0.29) is 5.92 Å². The van der Waals surface area contributed by atoms with Crippen LogP contribution >= 0.6 is 23.4 Å². The summed E-state index contributed by atoms with van der Waals surface area (Å²) in [5, 5.41) is 33.6. The average molecular weight is 596 g/mol. The molecule has 0 saturated carbocycles. The number of carbonyl (C=O) groups is 2. The molecule has 0 aliphatic carbocycles. The molecule has 0 aromatic carbocycles. The van der Waals surface area contributed by atoms with Crippen LogP contribution in [-0.4, -0.2) is 117 Å². The Morgan fingerprint density at radius 1 is 1.23 bits per heavy atom. The third-order valence-electron chi connectivity index (χ3n) is 7.72. The minimum Gasteiger partial charge on any atom is -0.444 e. The standard InChI is InChI=1S/C26H46ClN3O8S/c1-13(27)16(22-19(32)18(31)20(33)24(37-22)39-5)29-23(34)17-21-15(11-14(7-6-9-28)8-10-36-21)12-30(17)25(35)38-26(2,3)4/h13-22,24,31-33H,6-12,28H2,1-5H3,(H,29,34)/t13-,14+,15-,16+,17-,18+,19?,20+,21+,22+,24?/m0/s1. The number of nitrogens with two attached hydrogens (primary N) is 1. The van der Waals surface area contributed by atoms with Crippen LogP contribution in [0.25, 0.3) is 0 Å². The number of aliphatic hydroxyl groups excluding tert-OH is 3. The number of aliphatic hydroxyl groups is 3. The fraction of sp³-hybridized carbons (Fsp3) is 0.923. The Labute approximate surface area is 240 Å². The van der Waals surface area contributed by atoms with Crippen LogP contribution in [0.5, 0.6) is 0 Å². The molecule has 0 spiro atoms. The molecule has 6 N–H and O–H groups in total. The Kier molecular flexibility index (Phi) is 11.6. The van der Waals surface area contributed by atoms with Crippen molar-refractivity contribution in [2.75, 3.05) is 26.0 Å². The number of likely N-dealkylation sites (tertiary alicyclic amines) is 1. The van der Waals surface area contributed by atoms with E-state index in [1.807, 2.05) is 0 Å². The quantitative estimate of drug-likeness (QED) is 0.256. The Bertz CT molecular complexity index is 832. The maximum absolute atomic E-state index is 13.9. The zero-order valence-corrected chi connectivity index (χ0v) is 25.1. The first kappa shape index (κ1) is 32.7. The molecule has 2 unspecified atom stereocenters. The summed E-state index contributed by atoms with van der Waals surface area (Å²) in [5.74, 6) is -0.202. The summed E-state index contributed by atoms with van der Waals surface area (Å²) < 4.78 is 17.8. The predicted molar refractivity (Wildman–Crippen MR) is 148 cm³/mol. The molecule has 11 atom stereocenters. The monoisotopic (exact) mass is 595 g/mol. The van der Waals surface area contributed by atoms with E-state index in [2.05, 4.69) is 5.32 Å². The molecule has 3 saturated heterocycles. The van der Waals surface area contributed by atoms with Gasteiger partial charge in [-0.1, -0.05) is 0 Å². The molecule has 11 nitrogen and oxygen atoms in total. The first-order chi connectivity index (χ1) is 18.3. The van der Waals surface area contributed by atoms with E-state index in [0.29, 0.717) is 25.6 Å². The maximum atomic E-state index is 13.9. The van der Waals surface area contributed by atoms with E-state index in [9.17, 15) is 24.9 Å². The first-order valence-electron chi connectivity index (χ1n) is 13.8. The van der Waals surface area contributed by atoms with Crippen LogP contribution in [-0.2, 0) is 19.0 Å². The molecule has 3 aliphatic rings. The van der Waals surface area contributed by atoms with Crippen LogP contribution in [0.2, 0.25) is 0 Å². The summed E-state index contributed by atoms with van der Waals surface area (Å²) >= 11 is 7.65. The zero-order valence-electron chi connectivity index (χ0n) is 23.5. The van der Waals surface area contributed by atoms with Crippen molar-refractivity contribution in [2.45, 2.75) is 112 Å². The molecule has 3 rings (SSSR count). The lowest BCUT2D eigenvalue weighted by atomic mass is 9.87. The third kappa shape index (κ3) is 7.91. The summed E-state index contributed by atoms with van der Waals surface area (Å²) in [6.45, 7) is 8.31. The molecule has 0 radical (unpaired) electrons. The van der Waals surface area contributed by atoms with E-state index in [1.54, 1.807) is 34.0 Å². The van der Waals surface area contributed by atoms with Gasteiger partial charge in [0.15, 0.2) is 0 Å². The summed E-state index contributed by atoms with van der Waals surface area (Å²) in [4.78, 5) is 28.7. The topological polar surface area (TPSA) is 164 Å². The Morgan fingerprint density at radius 3 is 2.51 bits per heavy atom. The van der Waals surface area contributed by atoms with Gasteiger partial charge in [-0.3, -0.25) is 9.69 Å². The van der Waals surface area contributed by atoms with E-state index in [0.717, 1.165) is 25.7 Å². The Hall–Kier alpha value is -0.860. The summed E-state index contributed by atoms with van der Waals surface area (Å²) in [5.41, 5.74) is 4.14. The maximum Gasteiger partial charge on any atom is 0.411 e. The zero-order chi connectivity index (χ0) is 29.1. The lowest BCUT2D eigenvalue weighted by Gasteiger charge is -2.44.